The summed E-state index contributed by atoms with van der Waals surface area (Å²) in [6.07, 6.45) is 1.94. The third kappa shape index (κ3) is 1.86. The Balaban J connectivity index is 2.20. The molecule has 1 aromatic heterocycles. The summed E-state index contributed by atoms with van der Waals surface area (Å²) in [7, 11) is 1.88. The molecule has 100 valence electrons. The molecule has 0 fully saturated rings. The van der Waals surface area contributed by atoms with Crippen LogP contribution in [0.4, 0.5) is 5.69 Å². The van der Waals surface area contributed by atoms with Crippen molar-refractivity contribution in [1.82, 2.24) is 9.78 Å². The maximum Gasteiger partial charge on any atom is 0.0930 e. The van der Waals surface area contributed by atoms with Crippen LogP contribution in [-0.2, 0) is 7.05 Å². The minimum absolute atomic E-state index is 0.435. The summed E-state index contributed by atoms with van der Waals surface area (Å²) < 4.78 is 1.76. The minimum Gasteiger partial charge on any atom is -0.398 e. The molecule has 0 unspecified atom stereocenters. The Morgan fingerprint density at radius 1 is 1.15 bits per heavy atom. The first kappa shape index (κ1) is 12.4. The van der Waals surface area contributed by atoms with Gasteiger partial charge in [-0.3, -0.25) is 10.1 Å². The lowest BCUT2D eigenvalue weighted by Crippen LogP contribution is -2.07. The molecule has 20 heavy (non-hydrogen) atoms. The van der Waals surface area contributed by atoms with Gasteiger partial charge in [0.25, 0.3) is 0 Å². The van der Waals surface area contributed by atoms with Crippen molar-refractivity contribution in [2.75, 3.05) is 5.73 Å². The summed E-state index contributed by atoms with van der Waals surface area (Å²) >= 11 is 0. The minimum atomic E-state index is 0.435. The molecule has 0 aliphatic rings. The lowest BCUT2D eigenvalue weighted by molar-refractivity contribution is 0.780. The van der Waals surface area contributed by atoms with E-state index in [0.29, 0.717) is 11.4 Å². The van der Waals surface area contributed by atoms with E-state index in [4.69, 9.17) is 11.1 Å². The largest absolute Gasteiger partial charge is 0.398 e. The average molecular weight is 264 g/mol. The number of aromatic nitrogens is 2. The van der Waals surface area contributed by atoms with E-state index in [9.17, 15) is 0 Å². The van der Waals surface area contributed by atoms with E-state index in [2.05, 4.69) is 5.10 Å². The van der Waals surface area contributed by atoms with Gasteiger partial charge in [0.1, 0.15) is 0 Å². The highest BCUT2D eigenvalue weighted by Crippen LogP contribution is 2.24. The number of nitrogens with zero attached hydrogens (tertiary/aromatic N) is 2. The predicted octanol–water partition coefficient (Wildman–Crippen LogP) is 2.88. The quantitative estimate of drug-likeness (QED) is 0.552. The number of hydrogen-bond acceptors (Lipinski definition) is 3. The van der Waals surface area contributed by atoms with Gasteiger partial charge in [0.15, 0.2) is 0 Å². The van der Waals surface area contributed by atoms with Crippen molar-refractivity contribution in [3.63, 3.8) is 0 Å². The number of benzene rings is 2. The van der Waals surface area contributed by atoms with Gasteiger partial charge in [-0.1, -0.05) is 30.3 Å². The highest BCUT2D eigenvalue weighted by molar-refractivity contribution is 6.19. The number of nitrogens with two attached hydrogens (primary N) is 1. The van der Waals surface area contributed by atoms with E-state index < -0.39 is 0 Å². The topological polar surface area (TPSA) is 67.7 Å². The Morgan fingerprint density at radius 3 is 2.65 bits per heavy atom. The Bertz CT molecular complexity index is 814. The molecule has 0 radical (unpaired) electrons. The van der Waals surface area contributed by atoms with Crippen molar-refractivity contribution in [3.05, 3.63) is 59.3 Å². The van der Waals surface area contributed by atoms with Crippen LogP contribution in [0.1, 0.15) is 16.7 Å². The normalized spacial score (nSPS) is 10.9. The van der Waals surface area contributed by atoms with Crippen LogP contribution in [0.25, 0.3) is 10.9 Å². The molecule has 0 aliphatic carbocycles. The molecule has 0 atom stereocenters. The van der Waals surface area contributed by atoms with E-state index >= 15 is 0 Å². The molecule has 4 nitrogen and oxygen atoms in total. The maximum absolute atomic E-state index is 8.48. The fraction of sp³-hybridized carbons (Fsp3) is 0.125. The van der Waals surface area contributed by atoms with Gasteiger partial charge in [-0.25, -0.2) is 0 Å². The zero-order valence-corrected chi connectivity index (χ0v) is 11.5. The van der Waals surface area contributed by atoms with Crippen LogP contribution in [0, 0.1) is 12.3 Å². The van der Waals surface area contributed by atoms with E-state index in [1.165, 1.54) is 0 Å². The van der Waals surface area contributed by atoms with Crippen molar-refractivity contribution in [2.24, 2.45) is 7.05 Å². The van der Waals surface area contributed by atoms with E-state index in [0.717, 1.165) is 27.6 Å². The van der Waals surface area contributed by atoms with Gasteiger partial charge >= 0.3 is 0 Å². The monoisotopic (exact) mass is 264 g/mol. The summed E-state index contributed by atoms with van der Waals surface area (Å²) in [5, 5.41) is 13.8. The summed E-state index contributed by atoms with van der Waals surface area (Å²) in [6, 6.07) is 11.6. The Labute approximate surface area is 117 Å². The predicted molar refractivity (Wildman–Crippen MR) is 82.2 cm³/mol. The smallest absolute Gasteiger partial charge is 0.0930 e. The van der Waals surface area contributed by atoms with Crippen molar-refractivity contribution < 1.29 is 0 Å². The van der Waals surface area contributed by atoms with Gasteiger partial charge in [-0.2, -0.15) is 5.10 Å². The standard InChI is InChI=1S/C16H16N4/c1-10-5-3-7-12(15(10)17)16(18)11-6-4-8-14-13(11)9-20(2)19-14/h3-9,18H,17H2,1-2H3. The number of rotatable bonds is 2. The molecular formula is C16H16N4. The maximum atomic E-state index is 8.48. The van der Waals surface area contributed by atoms with Crippen molar-refractivity contribution in [3.8, 4) is 0 Å². The van der Waals surface area contributed by atoms with Crippen LogP contribution in [-0.4, -0.2) is 15.5 Å². The van der Waals surface area contributed by atoms with Gasteiger partial charge in [-0.15, -0.1) is 0 Å². The van der Waals surface area contributed by atoms with Crippen molar-refractivity contribution in [1.29, 1.82) is 5.41 Å². The van der Waals surface area contributed by atoms with Crippen LogP contribution in [0.3, 0.4) is 0 Å². The molecule has 0 spiro atoms. The second-order valence-electron chi connectivity index (χ2n) is 4.95. The number of anilines is 1. The number of nitrogens with one attached hydrogen (secondary N) is 1. The zero-order chi connectivity index (χ0) is 14.3. The zero-order valence-electron chi connectivity index (χ0n) is 11.5. The van der Waals surface area contributed by atoms with Crippen LogP contribution < -0.4 is 5.73 Å². The molecule has 2 aromatic carbocycles. The first-order valence-electron chi connectivity index (χ1n) is 6.44. The van der Waals surface area contributed by atoms with Gasteiger partial charge in [0, 0.05) is 35.4 Å². The Morgan fingerprint density at radius 2 is 1.85 bits per heavy atom. The number of nitrogen functional groups attached to an aromatic ring is 1. The SMILES string of the molecule is Cc1cccc(C(=N)c2cccc3nn(C)cc23)c1N. The lowest BCUT2D eigenvalue weighted by atomic mass is 9.96. The molecule has 4 heteroatoms. The number of hydrogen-bond donors (Lipinski definition) is 2. The second kappa shape index (κ2) is 4.49. The molecule has 0 saturated heterocycles. The fourth-order valence-electron chi connectivity index (χ4n) is 2.42. The number of para-hydroxylation sites is 1. The molecular weight excluding hydrogens is 248 g/mol. The molecule has 3 aromatic rings. The highest BCUT2D eigenvalue weighted by atomic mass is 15.2. The Hall–Kier alpha value is -2.62. The first-order chi connectivity index (χ1) is 9.58. The van der Waals surface area contributed by atoms with Crippen LogP contribution in [0.15, 0.2) is 42.6 Å². The van der Waals surface area contributed by atoms with Gasteiger partial charge in [-0.05, 0) is 18.6 Å². The van der Waals surface area contributed by atoms with E-state index in [1.54, 1.807) is 4.68 Å². The third-order valence-corrected chi connectivity index (χ3v) is 3.53. The van der Waals surface area contributed by atoms with Crippen molar-refractivity contribution in [2.45, 2.75) is 6.92 Å². The second-order valence-corrected chi connectivity index (χ2v) is 4.95. The molecule has 3 N–H and O–H groups in total. The van der Waals surface area contributed by atoms with Crippen molar-refractivity contribution >= 4 is 22.3 Å². The number of fused-ring (bicyclic) bond motifs is 1. The third-order valence-electron chi connectivity index (χ3n) is 3.53. The summed E-state index contributed by atoms with van der Waals surface area (Å²) in [5.74, 6) is 0. The van der Waals surface area contributed by atoms with Crippen LogP contribution in [0.5, 0.6) is 0 Å². The Kier molecular flexibility index (Phi) is 2.79. The number of aryl methyl sites for hydroxylation is 2. The van der Waals surface area contributed by atoms with Gasteiger partial charge in [0.05, 0.1) is 11.2 Å². The average Bonchev–Trinajstić information content (AvgIpc) is 2.81. The first-order valence-corrected chi connectivity index (χ1v) is 6.44. The van der Waals surface area contributed by atoms with E-state index in [1.807, 2.05) is 56.6 Å². The molecule has 0 bridgehead atoms. The molecule has 0 aliphatic heterocycles. The van der Waals surface area contributed by atoms with E-state index in [-0.39, 0.29) is 0 Å². The fourth-order valence-corrected chi connectivity index (χ4v) is 2.42. The highest BCUT2D eigenvalue weighted by Gasteiger charge is 2.13. The molecule has 1 heterocycles. The lowest BCUT2D eigenvalue weighted by Gasteiger charge is -2.10. The summed E-state index contributed by atoms with van der Waals surface area (Å²) in [5.41, 5.74) is 10.7. The van der Waals surface area contributed by atoms with Crippen LogP contribution >= 0.6 is 0 Å². The molecule has 3 rings (SSSR count). The molecule has 0 saturated carbocycles. The summed E-state index contributed by atoms with van der Waals surface area (Å²) in [6.45, 7) is 1.96. The molecule has 0 amide bonds. The van der Waals surface area contributed by atoms with Gasteiger partial charge < -0.3 is 5.73 Å². The van der Waals surface area contributed by atoms with Crippen LogP contribution in [0.2, 0.25) is 0 Å². The van der Waals surface area contributed by atoms with Gasteiger partial charge in [0.2, 0.25) is 0 Å². The summed E-state index contributed by atoms with van der Waals surface area (Å²) in [4.78, 5) is 0.